The summed E-state index contributed by atoms with van der Waals surface area (Å²) in [4.78, 5) is 29.1. The highest BCUT2D eigenvalue weighted by Crippen LogP contribution is 2.43. The summed E-state index contributed by atoms with van der Waals surface area (Å²) >= 11 is 0. The van der Waals surface area contributed by atoms with Crippen LogP contribution in [0.5, 0.6) is 0 Å². The van der Waals surface area contributed by atoms with Crippen molar-refractivity contribution in [2.45, 2.75) is 44.7 Å². The minimum Gasteiger partial charge on any atom is -0.394 e. The number of aliphatic hydroxyl groups excluding tert-OH is 1. The van der Waals surface area contributed by atoms with Crippen molar-refractivity contribution in [1.29, 1.82) is 0 Å². The van der Waals surface area contributed by atoms with Gasteiger partial charge in [0.25, 0.3) is 0 Å². The van der Waals surface area contributed by atoms with Crippen molar-refractivity contribution in [2.24, 2.45) is 5.92 Å². The number of hydrogen-bond acceptors (Lipinski definition) is 3. The first-order valence-corrected chi connectivity index (χ1v) is 11.3. The van der Waals surface area contributed by atoms with E-state index < -0.39 is 0 Å². The standard InChI is InChI=1S/C27H30N2O3/c1-19(2)7-6-10-20-11-13-22(14-12-20)27-23-16-28(17-26(32)29(23)24(27)18-30)25(31)15-21-8-4-3-5-9-21/h3-5,8-9,11-14,19,23-24,27,30H,7,15-18H2,1-2H3/t23-,24+,27+/m1/s1. The first-order valence-electron chi connectivity index (χ1n) is 11.3. The van der Waals surface area contributed by atoms with E-state index in [4.69, 9.17) is 0 Å². The van der Waals surface area contributed by atoms with Crippen LogP contribution in [-0.4, -0.2) is 58.5 Å². The van der Waals surface area contributed by atoms with E-state index in [0.29, 0.717) is 18.9 Å². The number of fused-ring (bicyclic) bond motifs is 1. The molecule has 4 rings (SSSR count). The number of rotatable bonds is 5. The molecule has 0 saturated carbocycles. The Bertz CT molecular complexity index is 1020. The van der Waals surface area contributed by atoms with Crippen LogP contribution >= 0.6 is 0 Å². The Balaban J connectivity index is 1.48. The molecule has 0 aromatic heterocycles. The fraction of sp³-hybridized carbons (Fsp3) is 0.407. The number of benzene rings is 2. The zero-order valence-corrected chi connectivity index (χ0v) is 18.7. The summed E-state index contributed by atoms with van der Waals surface area (Å²) in [6.07, 6.45) is 1.15. The maximum absolute atomic E-state index is 12.9. The third-order valence-electron chi connectivity index (χ3n) is 6.34. The molecule has 0 aliphatic carbocycles. The third-order valence-corrected chi connectivity index (χ3v) is 6.34. The van der Waals surface area contributed by atoms with Crippen LogP contribution in [0, 0.1) is 17.8 Å². The van der Waals surface area contributed by atoms with Crippen molar-refractivity contribution < 1.29 is 14.7 Å². The Labute approximate surface area is 190 Å². The van der Waals surface area contributed by atoms with Gasteiger partial charge >= 0.3 is 0 Å². The van der Waals surface area contributed by atoms with E-state index in [1.54, 1.807) is 9.80 Å². The van der Waals surface area contributed by atoms with Crippen LogP contribution in [0.25, 0.3) is 0 Å². The Hall–Kier alpha value is -3.10. The van der Waals surface area contributed by atoms with Crippen LogP contribution in [0.4, 0.5) is 0 Å². The van der Waals surface area contributed by atoms with E-state index in [0.717, 1.165) is 23.1 Å². The fourth-order valence-corrected chi connectivity index (χ4v) is 4.72. The van der Waals surface area contributed by atoms with Crippen LogP contribution in [0.3, 0.4) is 0 Å². The van der Waals surface area contributed by atoms with E-state index in [2.05, 4.69) is 25.7 Å². The number of amides is 2. The smallest absolute Gasteiger partial charge is 0.242 e. The van der Waals surface area contributed by atoms with Crippen LogP contribution < -0.4 is 0 Å². The molecular formula is C27H30N2O3. The summed E-state index contributed by atoms with van der Waals surface area (Å²) in [5.41, 5.74) is 2.98. The van der Waals surface area contributed by atoms with Crippen molar-refractivity contribution in [3.63, 3.8) is 0 Å². The fourth-order valence-electron chi connectivity index (χ4n) is 4.72. The molecule has 2 amide bonds. The number of carbonyl (C=O) groups is 2. The molecule has 0 radical (unpaired) electrons. The quantitative estimate of drug-likeness (QED) is 0.742. The van der Waals surface area contributed by atoms with E-state index >= 15 is 0 Å². The van der Waals surface area contributed by atoms with E-state index in [9.17, 15) is 14.7 Å². The summed E-state index contributed by atoms with van der Waals surface area (Å²) in [7, 11) is 0. The zero-order chi connectivity index (χ0) is 22.7. The van der Waals surface area contributed by atoms with Gasteiger partial charge in [0.1, 0.15) is 0 Å². The van der Waals surface area contributed by atoms with Gasteiger partial charge in [0.05, 0.1) is 31.7 Å². The van der Waals surface area contributed by atoms with Crippen molar-refractivity contribution >= 4 is 11.8 Å². The van der Waals surface area contributed by atoms with Gasteiger partial charge in [-0.25, -0.2) is 0 Å². The average Bonchev–Trinajstić information content (AvgIpc) is 2.76. The van der Waals surface area contributed by atoms with Gasteiger partial charge in [-0.05, 0) is 29.2 Å². The SMILES string of the molecule is CC(C)CC#Cc1ccc([C@H]2[C@H]3CN(C(=O)Cc4ccccc4)CC(=O)N3[C@H]2CO)cc1. The Morgan fingerprint density at radius 1 is 1.12 bits per heavy atom. The number of nitrogens with zero attached hydrogens (tertiary/aromatic N) is 2. The lowest BCUT2D eigenvalue weighted by atomic mass is 9.73. The molecule has 2 aliphatic rings. The predicted octanol–water partition coefficient (Wildman–Crippen LogP) is 2.82. The lowest BCUT2D eigenvalue weighted by Gasteiger charge is -2.58. The minimum atomic E-state index is -0.239. The second-order valence-electron chi connectivity index (χ2n) is 9.10. The maximum Gasteiger partial charge on any atom is 0.242 e. The first-order chi connectivity index (χ1) is 15.5. The summed E-state index contributed by atoms with van der Waals surface area (Å²) < 4.78 is 0. The molecule has 2 fully saturated rings. The largest absolute Gasteiger partial charge is 0.394 e. The Kier molecular flexibility index (Phi) is 6.62. The second kappa shape index (κ2) is 9.58. The molecule has 5 heteroatoms. The molecule has 3 atom stereocenters. The van der Waals surface area contributed by atoms with E-state index in [1.807, 2.05) is 54.6 Å². The summed E-state index contributed by atoms with van der Waals surface area (Å²) in [6.45, 7) is 4.79. The highest BCUT2D eigenvalue weighted by atomic mass is 16.3. The van der Waals surface area contributed by atoms with Crippen molar-refractivity contribution in [3.05, 3.63) is 71.3 Å². The van der Waals surface area contributed by atoms with Gasteiger partial charge in [-0.15, -0.1) is 0 Å². The number of hydrogen-bond donors (Lipinski definition) is 1. The first kappa shape index (κ1) is 22.1. The molecule has 0 bridgehead atoms. The van der Waals surface area contributed by atoms with Crippen molar-refractivity contribution in [1.82, 2.24) is 9.80 Å². The third kappa shape index (κ3) is 4.56. The molecule has 2 saturated heterocycles. The monoisotopic (exact) mass is 430 g/mol. The summed E-state index contributed by atoms with van der Waals surface area (Å²) in [6, 6.07) is 17.3. The highest BCUT2D eigenvalue weighted by molar-refractivity contribution is 5.88. The molecule has 0 spiro atoms. The molecule has 2 aromatic carbocycles. The molecule has 166 valence electrons. The van der Waals surface area contributed by atoms with Gasteiger partial charge in [-0.1, -0.05) is 68.2 Å². The summed E-state index contributed by atoms with van der Waals surface area (Å²) in [5, 5.41) is 9.97. The van der Waals surface area contributed by atoms with Gasteiger partial charge in [-0.3, -0.25) is 9.59 Å². The average molecular weight is 431 g/mol. The molecule has 2 aliphatic heterocycles. The van der Waals surface area contributed by atoms with E-state index in [-0.39, 0.29) is 43.0 Å². The van der Waals surface area contributed by atoms with Gasteiger partial charge in [0.2, 0.25) is 11.8 Å². The normalized spacial score (nSPS) is 22.1. The van der Waals surface area contributed by atoms with Gasteiger partial charge in [0.15, 0.2) is 0 Å². The van der Waals surface area contributed by atoms with E-state index in [1.165, 1.54) is 0 Å². The number of aliphatic hydroxyl groups is 1. The lowest BCUT2D eigenvalue weighted by Crippen LogP contribution is -2.73. The molecule has 2 heterocycles. The van der Waals surface area contributed by atoms with Crippen LogP contribution in [0.1, 0.15) is 42.9 Å². The molecule has 0 unspecified atom stereocenters. The van der Waals surface area contributed by atoms with Gasteiger partial charge < -0.3 is 14.9 Å². The molecule has 1 N–H and O–H groups in total. The van der Waals surface area contributed by atoms with Crippen LogP contribution in [-0.2, 0) is 16.0 Å². The number of piperazine rings is 1. The lowest BCUT2D eigenvalue weighted by molar-refractivity contribution is -0.166. The van der Waals surface area contributed by atoms with Crippen molar-refractivity contribution in [3.8, 4) is 11.8 Å². The highest BCUT2D eigenvalue weighted by Gasteiger charge is 2.54. The molecule has 2 aromatic rings. The Morgan fingerprint density at radius 3 is 2.50 bits per heavy atom. The molecule has 5 nitrogen and oxygen atoms in total. The van der Waals surface area contributed by atoms with Gasteiger partial charge in [-0.2, -0.15) is 0 Å². The van der Waals surface area contributed by atoms with Crippen molar-refractivity contribution in [2.75, 3.05) is 19.7 Å². The number of carbonyl (C=O) groups excluding carboxylic acids is 2. The van der Waals surface area contributed by atoms with Crippen LogP contribution in [0.2, 0.25) is 0 Å². The van der Waals surface area contributed by atoms with Crippen LogP contribution in [0.15, 0.2) is 54.6 Å². The second-order valence-corrected chi connectivity index (χ2v) is 9.10. The summed E-state index contributed by atoms with van der Waals surface area (Å²) in [5.74, 6) is 6.82. The topological polar surface area (TPSA) is 60.9 Å². The van der Waals surface area contributed by atoms with Gasteiger partial charge in [0, 0.05) is 24.4 Å². The Morgan fingerprint density at radius 2 is 1.84 bits per heavy atom. The predicted molar refractivity (Wildman–Crippen MR) is 124 cm³/mol. The zero-order valence-electron chi connectivity index (χ0n) is 18.7. The minimum absolute atomic E-state index is 0.00829. The molecule has 32 heavy (non-hydrogen) atoms. The molecular weight excluding hydrogens is 400 g/mol. The maximum atomic E-state index is 12.9.